The van der Waals surface area contributed by atoms with Gasteiger partial charge in [0.2, 0.25) is 41.4 Å². The van der Waals surface area contributed by atoms with Gasteiger partial charge >= 0.3 is 5.97 Å². The van der Waals surface area contributed by atoms with Crippen molar-refractivity contribution in [2.75, 3.05) is 13.1 Å². The topological polar surface area (TPSA) is 386 Å². The molecule has 0 radical (unpaired) electrons. The van der Waals surface area contributed by atoms with Gasteiger partial charge in [-0.3, -0.25) is 43.3 Å². The first-order valence-electron chi connectivity index (χ1n) is 19.7. The Labute approximate surface area is 351 Å². The zero-order chi connectivity index (χ0) is 45.4. The zero-order valence-corrected chi connectivity index (χ0v) is 34.3. The zero-order valence-electron chi connectivity index (χ0n) is 34.3. The molecule has 0 bridgehead atoms. The Morgan fingerprint density at radius 3 is 2.11 bits per heavy atom. The number of amides is 7. The summed E-state index contributed by atoms with van der Waals surface area (Å²) in [7, 11) is 0. The van der Waals surface area contributed by atoms with Gasteiger partial charge in [-0.1, -0.05) is 26.0 Å². The molecule has 1 fully saturated rings. The lowest BCUT2D eigenvalue weighted by atomic mass is 10.00. The van der Waals surface area contributed by atoms with Gasteiger partial charge in [0.15, 0.2) is 5.96 Å². The van der Waals surface area contributed by atoms with E-state index in [1.807, 2.05) is 0 Å². The number of hydrogen-bond donors (Lipinski definition) is 12. The van der Waals surface area contributed by atoms with Crippen molar-refractivity contribution in [3.63, 3.8) is 0 Å². The largest absolute Gasteiger partial charge is 0.508 e. The lowest BCUT2D eigenvalue weighted by molar-refractivity contribution is -0.143. The summed E-state index contributed by atoms with van der Waals surface area (Å²) in [5.41, 5.74) is 23.5. The third-order valence-corrected chi connectivity index (χ3v) is 9.75. The number of phenols is 1. The second-order valence-electron chi connectivity index (χ2n) is 15.0. The summed E-state index contributed by atoms with van der Waals surface area (Å²) in [6.45, 7) is 4.70. The van der Waals surface area contributed by atoms with Crippen molar-refractivity contribution >= 4 is 53.3 Å². The highest BCUT2D eigenvalue weighted by Crippen LogP contribution is 2.21. The Morgan fingerprint density at radius 1 is 0.869 bits per heavy atom. The molecule has 61 heavy (non-hydrogen) atoms. The summed E-state index contributed by atoms with van der Waals surface area (Å²) in [5, 5.41) is 31.4. The molecule has 1 aromatic heterocycles. The van der Waals surface area contributed by atoms with Gasteiger partial charge in [0.05, 0.1) is 18.8 Å². The number of aliphatic imine (C=N–C) groups is 1. The maximum Gasteiger partial charge on any atom is 0.325 e. The van der Waals surface area contributed by atoms with Crippen LogP contribution in [0.1, 0.15) is 64.1 Å². The fourth-order valence-electron chi connectivity index (χ4n) is 6.45. The number of nitrogens with one attached hydrogen (secondary N) is 6. The summed E-state index contributed by atoms with van der Waals surface area (Å²) in [5.74, 6) is -7.61. The minimum Gasteiger partial charge on any atom is -0.508 e. The normalized spacial score (nSPS) is 16.5. The maximum atomic E-state index is 14.3. The predicted molar refractivity (Wildman–Crippen MR) is 218 cm³/mol. The monoisotopic (exact) mass is 855 g/mol. The number of hydrogen-bond acceptors (Lipinski definition) is 12. The number of likely N-dealkylation sites (tertiary alicyclic amines) is 1. The van der Waals surface area contributed by atoms with Crippen LogP contribution >= 0.6 is 0 Å². The number of aromatic amines is 1. The van der Waals surface area contributed by atoms with Gasteiger partial charge in [0.25, 0.3) is 0 Å². The molecule has 0 aliphatic carbocycles. The molecule has 23 heteroatoms. The molecule has 2 heterocycles. The summed E-state index contributed by atoms with van der Waals surface area (Å²) < 4.78 is 0. The third-order valence-electron chi connectivity index (χ3n) is 9.75. The van der Waals surface area contributed by atoms with Gasteiger partial charge in [-0.15, -0.1) is 0 Å². The second-order valence-corrected chi connectivity index (χ2v) is 15.0. The fraction of sp³-hybridized carbons (Fsp3) is 0.526. The molecule has 3 rings (SSSR count). The fourth-order valence-corrected chi connectivity index (χ4v) is 6.45. The molecule has 23 nitrogen and oxygen atoms in total. The van der Waals surface area contributed by atoms with Gasteiger partial charge in [0.1, 0.15) is 42.0 Å². The summed E-state index contributed by atoms with van der Waals surface area (Å²) >= 11 is 0. The molecule has 1 aliphatic heterocycles. The lowest BCUT2D eigenvalue weighted by Gasteiger charge is -2.31. The smallest absolute Gasteiger partial charge is 0.325 e. The molecule has 16 N–H and O–H groups in total. The van der Waals surface area contributed by atoms with Crippen molar-refractivity contribution in [3.8, 4) is 5.75 Å². The molecule has 0 spiro atoms. The number of carbonyl (C=O) groups is 8. The molecule has 0 unspecified atom stereocenters. The number of aliphatic carboxylic acids is 1. The Balaban J connectivity index is 1.84. The first-order chi connectivity index (χ1) is 28.8. The Hall–Kier alpha value is -6.78. The van der Waals surface area contributed by atoms with Crippen LogP contribution in [0.2, 0.25) is 0 Å². The Kier molecular flexibility index (Phi) is 18.4. The molecular weight excluding hydrogens is 798 g/mol. The molecule has 1 aromatic carbocycles. The number of carboxylic acids is 1. The van der Waals surface area contributed by atoms with E-state index in [0.29, 0.717) is 17.7 Å². The number of primary amides is 1. The minimum absolute atomic E-state index is 0.0275. The summed E-state index contributed by atoms with van der Waals surface area (Å²) in [6.07, 6.45) is 2.79. The number of guanidine groups is 1. The highest BCUT2D eigenvalue weighted by atomic mass is 16.4. The van der Waals surface area contributed by atoms with Crippen LogP contribution in [0, 0.1) is 5.92 Å². The van der Waals surface area contributed by atoms with E-state index in [-0.39, 0.29) is 56.9 Å². The number of nitrogens with two attached hydrogens (primary N) is 4. The van der Waals surface area contributed by atoms with Crippen molar-refractivity contribution < 1.29 is 48.6 Å². The van der Waals surface area contributed by atoms with Crippen LogP contribution in [0.3, 0.4) is 0 Å². The van der Waals surface area contributed by atoms with Crippen molar-refractivity contribution in [2.24, 2.45) is 33.8 Å². The first-order valence-corrected chi connectivity index (χ1v) is 19.7. The van der Waals surface area contributed by atoms with Crippen LogP contribution in [0.4, 0.5) is 0 Å². The third kappa shape index (κ3) is 15.4. The molecule has 2 aromatic rings. The number of carboxylic acid groups (broad SMARTS) is 1. The quantitative estimate of drug-likeness (QED) is 0.0291. The van der Waals surface area contributed by atoms with Crippen molar-refractivity contribution in [1.29, 1.82) is 0 Å². The van der Waals surface area contributed by atoms with Gasteiger partial charge in [0, 0.05) is 31.4 Å². The molecule has 7 amide bonds. The molecule has 1 saturated heterocycles. The van der Waals surface area contributed by atoms with E-state index in [4.69, 9.17) is 22.9 Å². The van der Waals surface area contributed by atoms with E-state index in [0.717, 1.165) is 0 Å². The molecule has 0 saturated carbocycles. The van der Waals surface area contributed by atoms with E-state index in [9.17, 15) is 48.6 Å². The van der Waals surface area contributed by atoms with Crippen molar-refractivity contribution in [2.45, 2.75) is 108 Å². The van der Waals surface area contributed by atoms with E-state index < -0.39 is 102 Å². The van der Waals surface area contributed by atoms with Crippen LogP contribution in [0.25, 0.3) is 0 Å². The number of rotatable bonds is 23. The highest BCUT2D eigenvalue weighted by molar-refractivity contribution is 5.98. The number of phenolic OH excluding ortho intramolecular Hbond substituents is 1. The number of H-pyrrole nitrogens is 1. The number of imidazole rings is 1. The summed E-state index contributed by atoms with van der Waals surface area (Å²) in [4.78, 5) is 117. The van der Waals surface area contributed by atoms with Crippen LogP contribution in [-0.4, -0.2) is 134 Å². The van der Waals surface area contributed by atoms with E-state index in [1.54, 1.807) is 26.0 Å². The van der Waals surface area contributed by atoms with Gasteiger partial charge in [-0.2, -0.15) is 0 Å². The maximum absolute atomic E-state index is 14.3. The second kappa shape index (κ2) is 23.1. The Bertz CT molecular complexity index is 1890. The number of aromatic nitrogens is 2. The average molecular weight is 856 g/mol. The molecular formula is C38H57N13O10. The number of carbonyl (C=O) groups excluding carboxylic acids is 7. The first kappa shape index (κ1) is 48.6. The van der Waals surface area contributed by atoms with Crippen LogP contribution in [0.15, 0.2) is 41.8 Å². The molecule has 1 aliphatic rings. The highest BCUT2D eigenvalue weighted by Gasteiger charge is 2.40. The minimum atomic E-state index is -1.55. The molecule has 7 atom stereocenters. The van der Waals surface area contributed by atoms with Crippen molar-refractivity contribution in [1.82, 2.24) is 41.5 Å². The molecule has 334 valence electrons. The van der Waals surface area contributed by atoms with Gasteiger partial charge in [-0.05, 0) is 62.6 Å². The van der Waals surface area contributed by atoms with E-state index in [1.165, 1.54) is 36.5 Å². The summed E-state index contributed by atoms with van der Waals surface area (Å²) in [6, 6.07) is -2.77. The number of aromatic hydroxyl groups is 1. The van der Waals surface area contributed by atoms with Crippen molar-refractivity contribution in [3.05, 3.63) is 48.0 Å². The number of benzene rings is 1. The van der Waals surface area contributed by atoms with Gasteiger partial charge < -0.3 is 69.6 Å². The number of nitrogens with zero attached hydrogens (tertiary/aromatic N) is 3. The van der Waals surface area contributed by atoms with Crippen LogP contribution in [-0.2, 0) is 51.2 Å². The SMILES string of the molecule is CC(C)[C@H](NC(=O)[C@@H](N)Cc1ccc(O)cc1)C(=O)N[C@@H](Cc1cnc[nH]1)C(=O)N[C@@H](CCCN=C(N)N)C(=O)N1CCC[C@H]1C(=O)N[C@@H](CC(N)=O)C(=O)N[C@@H](C)C(=O)O. The van der Waals surface area contributed by atoms with E-state index >= 15 is 0 Å². The predicted octanol–water partition coefficient (Wildman–Crippen LogP) is -3.67. The average Bonchev–Trinajstić information content (AvgIpc) is 3.90. The Morgan fingerprint density at radius 2 is 1.52 bits per heavy atom. The lowest BCUT2D eigenvalue weighted by Crippen LogP contribution is -2.60. The van der Waals surface area contributed by atoms with E-state index in [2.05, 4.69) is 41.5 Å². The van der Waals surface area contributed by atoms with Crippen LogP contribution in [0.5, 0.6) is 5.75 Å². The van der Waals surface area contributed by atoms with Crippen LogP contribution < -0.4 is 49.5 Å². The van der Waals surface area contributed by atoms with Gasteiger partial charge in [-0.25, -0.2) is 4.98 Å². The standard InChI is InChI=1S/C38H57N13O10/c1-19(2)30(50-31(54)24(39)14-21-8-10-23(52)11-9-21)35(58)49-26(15-22-17-43-18-45-22)33(56)47-25(6-4-12-44-38(41)42)36(59)51-13-5-7-28(51)34(57)48-27(16-29(40)53)32(55)46-20(3)37(60)61/h8-11,17-20,24-28,30,52H,4-7,12-16,39H2,1-3H3,(H2,40,53)(H,43,45)(H,46,55)(H,47,56)(H,48,57)(H,49,58)(H,50,54)(H,60,61)(H4,41,42,44)/t20-,24-,25-,26-,27-,28-,30-/m0/s1.